The number of carbonyl (C=O) groups excluding carboxylic acids is 1. The maximum absolute atomic E-state index is 12.1. The normalized spacial score (nSPS) is 10.6. The molecule has 4 nitrogen and oxygen atoms in total. The Morgan fingerprint density at radius 2 is 1.88 bits per heavy atom. The van der Waals surface area contributed by atoms with E-state index in [1.807, 2.05) is 62.5 Å². The second-order valence-electron chi connectivity index (χ2n) is 5.86. The molecule has 24 heavy (non-hydrogen) atoms. The van der Waals surface area contributed by atoms with Crippen LogP contribution in [0.2, 0.25) is 0 Å². The van der Waals surface area contributed by atoms with Gasteiger partial charge in [0, 0.05) is 30.4 Å². The van der Waals surface area contributed by atoms with Gasteiger partial charge in [-0.2, -0.15) is 0 Å². The Hall–Kier alpha value is -2.88. The van der Waals surface area contributed by atoms with Crippen LogP contribution in [-0.4, -0.2) is 22.0 Å². The Balaban J connectivity index is 1.61. The van der Waals surface area contributed by atoms with E-state index in [-0.39, 0.29) is 5.91 Å². The number of carbonyl (C=O) groups is 1. The third-order valence-electron chi connectivity index (χ3n) is 3.91. The molecule has 0 aliphatic carbocycles. The lowest BCUT2D eigenvalue weighted by Gasteiger charge is -2.05. The van der Waals surface area contributed by atoms with E-state index >= 15 is 0 Å². The van der Waals surface area contributed by atoms with Crippen LogP contribution in [0.15, 0.2) is 60.8 Å². The number of benzene rings is 2. The van der Waals surface area contributed by atoms with Crippen molar-refractivity contribution in [2.75, 3.05) is 6.54 Å². The third kappa shape index (κ3) is 3.71. The molecular weight excluding hydrogens is 298 g/mol. The van der Waals surface area contributed by atoms with Gasteiger partial charge < -0.3 is 9.88 Å². The summed E-state index contributed by atoms with van der Waals surface area (Å²) in [6, 6.07) is 17.7. The molecule has 0 fully saturated rings. The lowest BCUT2D eigenvalue weighted by molar-refractivity contribution is 0.0954. The number of aromatic nitrogens is 2. The molecule has 0 aliphatic rings. The average molecular weight is 319 g/mol. The average Bonchev–Trinajstić information content (AvgIpc) is 2.96. The van der Waals surface area contributed by atoms with Gasteiger partial charge in [-0.1, -0.05) is 35.9 Å². The summed E-state index contributed by atoms with van der Waals surface area (Å²) in [7, 11) is 0. The van der Waals surface area contributed by atoms with Crippen LogP contribution >= 0.6 is 0 Å². The summed E-state index contributed by atoms with van der Waals surface area (Å²) in [6.45, 7) is 4.54. The molecule has 4 heteroatoms. The van der Waals surface area contributed by atoms with Crippen molar-refractivity contribution in [3.8, 4) is 5.69 Å². The van der Waals surface area contributed by atoms with E-state index in [9.17, 15) is 4.79 Å². The van der Waals surface area contributed by atoms with E-state index in [0.29, 0.717) is 18.5 Å². The van der Waals surface area contributed by atoms with Crippen molar-refractivity contribution < 1.29 is 4.79 Å². The Kier molecular flexibility index (Phi) is 4.75. The molecule has 0 radical (unpaired) electrons. The number of rotatable bonds is 5. The minimum atomic E-state index is -0.0436. The van der Waals surface area contributed by atoms with E-state index < -0.39 is 0 Å². The third-order valence-corrected chi connectivity index (χ3v) is 3.91. The van der Waals surface area contributed by atoms with Crippen molar-refractivity contribution in [1.82, 2.24) is 14.9 Å². The first-order chi connectivity index (χ1) is 11.6. The quantitative estimate of drug-likeness (QED) is 0.783. The molecule has 122 valence electrons. The number of aryl methyl sites for hydroxylation is 2. The molecule has 0 atom stereocenters. The summed E-state index contributed by atoms with van der Waals surface area (Å²) in [5, 5.41) is 2.95. The fourth-order valence-corrected chi connectivity index (χ4v) is 2.70. The van der Waals surface area contributed by atoms with Gasteiger partial charge in [-0.15, -0.1) is 0 Å². The van der Waals surface area contributed by atoms with Crippen molar-refractivity contribution in [1.29, 1.82) is 0 Å². The van der Waals surface area contributed by atoms with Crippen molar-refractivity contribution in [2.24, 2.45) is 0 Å². The van der Waals surface area contributed by atoms with Gasteiger partial charge in [-0.05, 0) is 38.1 Å². The summed E-state index contributed by atoms with van der Waals surface area (Å²) in [5.41, 5.74) is 3.85. The van der Waals surface area contributed by atoms with Gasteiger partial charge in [0.2, 0.25) is 0 Å². The molecule has 0 aliphatic heterocycles. The molecular formula is C20H21N3O. The second-order valence-corrected chi connectivity index (χ2v) is 5.86. The Labute approximate surface area is 142 Å². The van der Waals surface area contributed by atoms with Crippen LogP contribution in [0.4, 0.5) is 0 Å². The highest BCUT2D eigenvalue weighted by Crippen LogP contribution is 2.12. The highest BCUT2D eigenvalue weighted by atomic mass is 16.1. The number of nitrogens with one attached hydrogen (secondary N) is 1. The van der Waals surface area contributed by atoms with E-state index in [1.165, 1.54) is 0 Å². The van der Waals surface area contributed by atoms with Crippen molar-refractivity contribution in [3.63, 3.8) is 0 Å². The SMILES string of the molecule is Cc1cccc(C(=O)NCCc2cn(-c3ccccc3)c(C)n2)c1. The van der Waals surface area contributed by atoms with Gasteiger partial charge >= 0.3 is 0 Å². The monoisotopic (exact) mass is 319 g/mol. The Morgan fingerprint density at radius 1 is 1.08 bits per heavy atom. The highest BCUT2D eigenvalue weighted by Gasteiger charge is 2.08. The smallest absolute Gasteiger partial charge is 0.251 e. The number of amides is 1. The van der Waals surface area contributed by atoms with E-state index in [2.05, 4.69) is 27.0 Å². The zero-order valence-electron chi connectivity index (χ0n) is 14.0. The first-order valence-corrected chi connectivity index (χ1v) is 8.08. The molecule has 3 rings (SSSR count). The molecule has 1 aromatic heterocycles. The van der Waals surface area contributed by atoms with Crippen molar-refractivity contribution in [2.45, 2.75) is 20.3 Å². The molecule has 1 heterocycles. The summed E-state index contributed by atoms with van der Waals surface area (Å²) in [5.74, 6) is 0.902. The molecule has 2 aromatic carbocycles. The van der Waals surface area contributed by atoms with Gasteiger partial charge in [-0.25, -0.2) is 4.98 Å². The van der Waals surface area contributed by atoms with Gasteiger partial charge in [0.15, 0.2) is 0 Å². The fourth-order valence-electron chi connectivity index (χ4n) is 2.70. The Morgan fingerprint density at radius 3 is 2.62 bits per heavy atom. The lowest BCUT2D eigenvalue weighted by atomic mass is 10.1. The van der Waals surface area contributed by atoms with Crippen LogP contribution in [0.5, 0.6) is 0 Å². The van der Waals surface area contributed by atoms with Gasteiger partial charge in [0.1, 0.15) is 5.82 Å². The van der Waals surface area contributed by atoms with E-state index in [0.717, 1.165) is 22.8 Å². The topological polar surface area (TPSA) is 46.9 Å². The number of para-hydroxylation sites is 1. The fraction of sp³-hybridized carbons (Fsp3) is 0.200. The lowest BCUT2D eigenvalue weighted by Crippen LogP contribution is -2.25. The molecule has 0 unspecified atom stereocenters. The number of imidazole rings is 1. The standard InChI is InChI=1S/C20H21N3O/c1-15-7-6-8-17(13-15)20(24)21-12-11-18-14-23(16(2)22-18)19-9-4-3-5-10-19/h3-10,13-14H,11-12H2,1-2H3,(H,21,24). The van der Waals surface area contributed by atoms with Crippen LogP contribution in [-0.2, 0) is 6.42 Å². The predicted molar refractivity (Wildman–Crippen MR) is 95.5 cm³/mol. The van der Waals surface area contributed by atoms with Crippen LogP contribution in [0, 0.1) is 13.8 Å². The molecule has 0 bridgehead atoms. The maximum Gasteiger partial charge on any atom is 0.251 e. The number of hydrogen-bond acceptors (Lipinski definition) is 2. The van der Waals surface area contributed by atoms with Crippen LogP contribution in [0.1, 0.15) is 27.4 Å². The molecule has 1 N–H and O–H groups in total. The van der Waals surface area contributed by atoms with Crippen LogP contribution in [0.25, 0.3) is 5.69 Å². The molecule has 0 saturated heterocycles. The van der Waals surface area contributed by atoms with Gasteiger partial charge in [0.05, 0.1) is 5.69 Å². The first kappa shape index (κ1) is 16.0. The minimum absolute atomic E-state index is 0.0436. The predicted octanol–water partition coefficient (Wildman–Crippen LogP) is 3.46. The second kappa shape index (κ2) is 7.13. The molecule has 0 spiro atoms. The highest BCUT2D eigenvalue weighted by molar-refractivity contribution is 5.94. The zero-order valence-corrected chi connectivity index (χ0v) is 14.0. The van der Waals surface area contributed by atoms with Crippen molar-refractivity contribution >= 4 is 5.91 Å². The first-order valence-electron chi connectivity index (χ1n) is 8.08. The summed E-state index contributed by atoms with van der Waals surface area (Å²) >= 11 is 0. The molecule has 0 saturated carbocycles. The van der Waals surface area contributed by atoms with Crippen LogP contribution in [0.3, 0.4) is 0 Å². The minimum Gasteiger partial charge on any atom is -0.352 e. The van der Waals surface area contributed by atoms with E-state index in [4.69, 9.17) is 0 Å². The molecule has 1 amide bonds. The summed E-state index contributed by atoms with van der Waals surface area (Å²) in [6.07, 6.45) is 2.74. The van der Waals surface area contributed by atoms with Gasteiger partial charge in [0.25, 0.3) is 5.91 Å². The summed E-state index contributed by atoms with van der Waals surface area (Å²) < 4.78 is 2.07. The van der Waals surface area contributed by atoms with Gasteiger partial charge in [-0.3, -0.25) is 4.79 Å². The van der Waals surface area contributed by atoms with Crippen LogP contribution < -0.4 is 5.32 Å². The van der Waals surface area contributed by atoms with Crippen molar-refractivity contribution in [3.05, 3.63) is 83.4 Å². The number of hydrogen-bond donors (Lipinski definition) is 1. The zero-order chi connectivity index (χ0) is 16.9. The van der Waals surface area contributed by atoms with E-state index in [1.54, 1.807) is 0 Å². The maximum atomic E-state index is 12.1. The largest absolute Gasteiger partial charge is 0.352 e. The molecule has 3 aromatic rings. The Bertz CT molecular complexity index is 837. The number of nitrogens with zero attached hydrogens (tertiary/aromatic N) is 2. The summed E-state index contributed by atoms with van der Waals surface area (Å²) in [4.78, 5) is 16.7.